The van der Waals surface area contributed by atoms with Crippen molar-refractivity contribution in [2.75, 3.05) is 12.4 Å². The van der Waals surface area contributed by atoms with E-state index in [0.717, 1.165) is 36.7 Å². The van der Waals surface area contributed by atoms with Crippen LogP contribution in [0.15, 0.2) is 36.5 Å². The van der Waals surface area contributed by atoms with Gasteiger partial charge in [-0.3, -0.25) is 0 Å². The Morgan fingerprint density at radius 3 is 2.67 bits per heavy atom. The highest BCUT2D eigenvalue weighted by Crippen LogP contribution is 2.15. The smallest absolute Gasteiger partial charge is 0.227 e. The van der Waals surface area contributed by atoms with E-state index in [-0.39, 0.29) is 0 Å². The van der Waals surface area contributed by atoms with Crippen LogP contribution in [-0.4, -0.2) is 26.6 Å². The molecule has 0 aliphatic carbocycles. The van der Waals surface area contributed by atoms with Gasteiger partial charge in [0.1, 0.15) is 5.82 Å². The van der Waals surface area contributed by atoms with Crippen LogP contribution >= 0.6 is 0 Å². The predicted octanol–water partition coefficient (Wildman–Crippen LogP) is 2.65. The molecule has 0 bridgehead atoms. The number of rotatable bonds is 5. The van der Waals surface area contributed by atoms with Crippen molar-refractivity contribution in [2.24, 2.45) is 0 Å². The molecule has 0 saturated heterocycles. The van der Waals surface area contributed by atoms with E-state index in [4.69, 9.17) is 0 Å². The Hall–Kier alpha value is -2.43. The highest BCUT2D eigenvalue weighted by Gasteiger charge is 2.10. The summed E-state index contributed by atoms with van der Waals surface area (Å²) in [5.41, 5.74) is 3.45. The third-order valence-electron chi connectivity index (χ3n) is 3.53. The molecule has 0 atom stereocenters. The Morgan fingerprint density at radius 1 is 1.10 bits per heavy atom. The summed E-state index contributed by atoms with van der Waals surface area (Å²) in [6.07, 6.45) is 5.03. The molecule has 2 aromatic heterocycles. The van der Waals surface area contributed by atoms with Crippen LogP contribution < -0.4 is 5.32 Å². The predicted molar refractivity (Wildman–Crippen MR) is 83.5 cm³/mol. The number of anilines is 1. The van der Waals surface area contributed by atoms with Crippen molar-refractivity contribution < 1.29 is 0 Å². The van der Waals surface area contributed by atoms with E-state index >= 15 is 0 Å². The minimum atomic E-state index is 0.729. The average Bonchev–Trinajstić information content (AvgIpc) is 2.90. The summed E-state index contributed by atoms with van der Waals surface area (Å²) in [6.45, 7) is 1.90. The molecule has 0 unspecified atom stereocenters. The lowest BCUT2D eigenvalue weighted by Gasteiger charge is -2.04. The van der Waals surface area contributed by atoms with Crippen molar-refractivity contribution in [3.8, 4) is 0 Å². The van der Waals surface area contributed by atoms with Gasteiger partial charge in [0.25, 0.3) is 0 Å². The fourth-order valence-corrected chi connectivity index (χ4v) is 2.49. The first-order valence-corrected chi connectivity index (χ1v) is 7.21. The summed E-state index contributed by atoms with van der Waals surface area (Å²) in [6, 6.07) is 10.6. The number of hydrogen-bond donors (Lipinski definition) is 1. The zero-order valence-electron chi connectivity index (χ0n) is 12.4. The molecule has 5 heteroatoms. The van der Waals surface area contributed by atoms with Crippen LogP contribution in [0, 0.1) is 6.92 Å². The largest absolute Gasteiger partial charge is 0.357 e. The van der Waals surface area contributed by atoms with Gasteiger partial charge in [0.05, 0.1) is 6.20 Å². The Kier molecular flexibility index (Phi) is 3.81. The zero-order valence-corrected chi connectivity index (χ0v) is 12.4. The number of nitrogens with zero attached hydrogens (tertiary/aromatic N) is 4. The van der Waals surface area contributed by atoms with E-state index in [0.29, 0.717) is 0 Å². The quantitative estimate of drug-likeness (QED) is 0.781. The van der Waals surface area contributed by atoms with Gasteiger partial charge in [0.2, 0.25) is 5.95 Å². The van der Waals surface area contributed by atoms with Gasteiger partial charge in [-0.2, -0.15) is 14.6 Å². The van der Waals surface area contributed by atoms with Gasteiger partial charge < -0.3 is 5.32 Å². The molecule has 3 rings (SSSR count). The number of benzene rings is 1. The highest BCUT2D eigenvalue weighted by molar-refractivity contribution is 5.50. The Labute approximate surface area is 124 Å². The molecule has 0 amide bonds. The molecule has 0 aliphatic rings. The number of aromatic nitrogens is 4. The summed E-state index contributed by atoms with van der Waals surface area (Å²) in [5.74, 6) is 1.49. The SMILES string of the molecule is CNc1nc(C)nc2c(CCCc3ccccc3)cnn12. The minimum absolute atomic E-state index is 0.729. The van der Waals surface area contributed by atoms with Crippen molar-refractivity contribution in [1.82, 2.24) is 19.6 Å². The van der Waals surface area contributed by atoms with Gasteiger partial charge in [-0.15, -0.1) is 0 Å². The van der Waals surface area contributed by atoms with Crippen molar-refractivity contribution in [2.45, 2.75) is 26.2 Å². The number of hydrogen-bond acceptors (Lipinski definition) is 4. The van der Waals surface area contributed by atoms with E-state index < -0.39 is 0 Å². The first-order valence-electron chi connectivity index (χ1n) is 7.21. The normalized spacial score (nSPS) is 11.0. The van der Waals surface area contributed by atoms with Crippen molar-refractivity contribution in [3.05, 3.63) is 53.5 Å². The fourth-order valence-electron chi connectivity index (χ4n) is 2.49. The fraction of sp³-hybridized carbons (Fsp3) is 0.312. The van der Waals surface area contributed by atoms with Crippen LogP contribution in [0.5, 0.6) is 0 Å². The van der Waals surface area contributed by atoms with E-state index in [9.17, 15) is 0 Å². The van der Waals surface area contributed by atoms with Crippen LogP contribution in [-0.2, 0) is 12.8 Å². The second kappa shape index (κ2) is 5.91. The van der Waals surface area contributed by atoms with E-state index in [2.05, 4.69) is 44.6 Å². The average molecular weight is 281 g/mol. The monoisotopic (exact) mass is 281 g/mol. The molecule has 3 aromatic rings. The second-order valence-corrected chi connectivity index (χ2v) is 5.09. The Morgan fingerprint density at radius 2 is 1.90 bits per heavy atom. The molecular formula is C16H19N5. The van der Waals surface area contributed by atoms with Crippen LogP contribution in [0.4, 0.5) is 5.95 Å². The van der Waals surface area contributed by atoms with Gasteiger partial charge in [0.15, 0.2) is 5.65 Å². The molecule has 2 heterocycles. The molecule has 0 saturated carbocycles. The van der Waals surface area contributed by atoms with Gasteiger partial charge in [-0.1, -0.05) is 30.3 Å². The van der Waals surface area contributed by atoms with Gasteiger partial charge in [-0.25, -0.2) is 4.98 Å². The van der Waals surface area contributed by atoms with E-state index in [1.54, 1.807) is 4.52 Å². The van der Waals surface area contributed by atoms with Gasteiger partial charge in [0, 0.05) is 12.6 Å². The maximum Gasteiger partial charge on any atom is 0.227 e. The molecule has 5 nitrogen and oxygen atoms in total. The third kappa shape index (κ3) is 2.86. The van der Waals surface area contributed by atoms with Crippen molar-refractivity contribution >= 4 is 11.6 Å². The maximum atomic E-state index is 4.52. The summed E-state index contributed by atoms with van der Waals surface area (Å²) in [5, 5.41) is 7.44. The van der Waals surface area contributed by atoms with Gasteiger partial charge >= 0.3 is 0 Å². The third-order valence-corrected chi connectivity index (χ3v) is 3.53. The summed E-state index contributed by atoms with van der Waals surface area (Å²) < 4.78 is 1.77. The van der Waals surface area contributed by atoms with Crippen molar-refractivity contribution in [1.29, 1.82) is 0 Å². The highest BCUT2D eigenvalue weighted by atomic mass is 15.3. The lowest BCUT2D eigenvalue weighted by atomic mass is 10.1. The number of nitrogens with one attached hydrogen (secondary N) is 1. The second-order valence-electron chi connectivity index (χ2n) is 5.09. The first-order chi connectivity index (χ1) is 10.3. The number of fused-ring (bicyclic) bond motifs is 1. The molecule has 0 aliphatic heterocycles. The zero-order chi connectivity index (χ0) is 14.7. The maximum absolute atomic E-state index is 4.52. The summed E-state index contributed by atoms with van der Waals surface area (Å²) in [7, 11) is 1.85. The van der Waals surface area contributed by atoms with Crippen molar-refractivity contribution in [3.63, 3.8) is 0 Å². The lowest BCUT2D eigenvalue weighted by molar-refractivity contribution is 0.821. The number of aryl methyl sites for hydroxylation is 3. The van der Waals surface area contributed by atoms with E-state index in [1.807, 2.05) is 26.2 Å². The summed E-state index contributed by atoms with van der Waals surface area (Å²) >= 11 is 0. The molecule has 0 radical (unpaired) electrons. The van der Waals surface area contributed by atoms with Crippen LogP contribution in [0.1, 0.15) is 23.4 Å². The van der Waals surface area contributed by atoms with Crippen LogP contribution in [0.2, 0.25) is 0 Å². The topological polar surface area (TPSA) is 55.1 Å². The first kappa shape index (κ1) is 13.5. The van der Waals surface area contributed by atoms with Gasteiger partial charge in [-0.05, 0) is 31.7 Å². The van der Waals surface area contributed by atoms with E-state index in [1.165, 1.54) is 11.1 Å². The molecule has 0 spiro atoms. The standard InChI is InChI=1S/C16H19N5/c1-12-19-15-14(11-18-21(15)16(17-2)20-12)10-6-9-13-7-4-3-5-8-13/h3-5,7-8,11H,6,9-10H2,1-2H3,(H,17,19,20). The molecule has 0 fully saturated rings. The Bertz CT molecular complexity index is 733. The molecule has 1 aromatic carbocycles. The molecule has 1 N–H and O–H groups in total. The van der Waals surface area contributed by atoms with Crippen LogP contribution in [0.25, 0.3) is 5.65 Å². The molecular weight excluding hydrogens is 262 g/mol. The Balaban J connectivity index is 1.77. The summed E-state index contributed by atoms with van der Waals surface area (Å²) in [4.78, 5) is 8.86. The molecule has 108 valence electrons. The molecule has 21 heavy (non-hydrogen) atoms. The van der Waals surface area contributed by atoms with Crippen LogP contribution in [0.3, 0.4) is 0 Å². The minimum Gasteiger partial charge on any atom is -0.357 e. The lowest BCUT2D eigenvalue weighted by Crippen LogP contribution is -2.06.